The van der Waals surface area contributed by atoms with E-state index in [9.17, 15) is 0 Å². The number of carbonyl (C=O) groups is 1. The number of hydrogen-bond acceptors (Lipinski definition) is 3. The van der Waals surface area contributed by atoms with Gasteiger partial charge in [0.2, 0.25) is 0 Å². The van der Waals surface area contributed by atoms with Crippen LogP contribution in [-0.2, 0) is 4.79 Å². The Morgan fingerprint density at radius 2 is 1.80 bits per heavy atom. The van der Waals surface area contributed by atoms with Crippen molar-refractivity contribution in [1.82, 2.24) is 0 Å². The van der Waals surface area contributed by atoms with Crippen LogP contribution < -0.4 is 0 Å². The lowest BCUT2D eigenvalue weighted by Gasteiger charge is -1.97. The number of aliphatic carboxylic acids is 1. The quantitative estimate of drug-likeness (QED) is 0.621. The minimum Gasteiger partial charge on any atom is -0.504 e. The highest BCUT2D eigenvalue weighted by Crippen LogP contribution is 2.25. The molecule has 15 heavy (non-hydrogen) atoms. The van der Waals surface area contributed by atoms with Gasteiger partial charge in [0.1, 0.15) is 0 Å². The highest BCUT2D eigenvalue weighted by atomic mass is 16.4. The molecule has 0 fully saturated rings. The Hall–Kier alpha value is -1.97. The van der Waals surface area contributed by atoms with E-state index in [0.717, 1.165) is 12.5 Å². The van der Waals surface area contributed by atoms with Crippen LogP contribution in [0.25, 0.3) is 6.08 Å². The fourth-order valence-corrected chi connectivity index (χ4v) is 0.837. The molecule has 0 aliphatic carbocycles. The molecule has 0 bridgehead atoms. The predicted octanol–water partition coefficient (Wildman–Crippen LogP) is 2.22. The van der Waals surface area contributed by atoms with Gasteiger partial charge in [-0.25, -0.2) is 0 Å². The van der Waals surface area contributed by atoms with E-state index in [4.69, 9.17) is 20.1 Å². The minimum atomic E-state index is -0.833. The van der Waals surface area contributed by atoms with E-state index in [-0.39, 0.29) is 11.5 Å². The molecule has 0 spiro atoms. The molecule has 0 atom stereocenters. The third-order valence-corrected chi connectivity index (χ3v) is 1.36. The molecule has 4 heteroatoms. The lowest BCUT2D eigenvalue weighted by Crippen LogP contribution is -1.78. The molecular weight excluding hydrogens is 196 g/mol. The summed E-state index contributed by atoms with van der Waals surface area (Å²) in [5, 5.41) is 25.4. The van der Waals surface area contributed by atoms with Gasteiger partial charge < -0.3 is 15.3 Å². The minimum absolute atomic E-state index is 0.0828. The van der Waals surface area contributed by atoms with Crippen LogP contribution in [0.2, 0.25) is 0 Å². The number of carboxylic acids is 1. The monoisotopic (exact) mass is 210 g/mol. The summed E-state index contributed by atoms with van der Waals surface area (Å²) in [5.74, 6) is -1.00. The Bertz CT molecular complexity index is 352. The first-order valence-electron chi connectivity index (χ1n) is 4.31. The molecular formula is C11H14O4. The Labute approximate surface area is 88.1 Å². The average Bonchev–Trinajstić information content (AvgIpc) is 2.11. The number of carboxylic acid groups (broad SMARTS) is 1. The molecule has 1 rings (SSSR count). The Morgan fingerprint density at radius 1 is 1.27 bits per heavy atom. The first-order chi connectivity index (χ1) is 6.97. The van der Waals surface area contributed by atoms with Crippen molar-refractivity contribution >= 4 is 12.0 Å². The predicted molar refractivity (Wildman–Crippen MR) is 57.8 cm³/mol. The SMILES string of the molecule is CC(=O)O.CC=Cc1ccc(O)c(O)c1. The maximum Gasteiger partial charge on any atom is 0.300 e. The molecule has 0 saturated carbocycles. The molecule has 0 heterocycles. The molecule has 0 aromatic heterocycles. The number of phenolic OH excluding ortho intramolecular Hbond substituents is 2. The third kappa shape index (κ3) is 6.15. The normalized spacial score (nSPS) is 9.47. The van der Waals surface area contributed by atoms with Crippen LogP contribution in [0.15, 0.2) is 24.3 Å². The highest BCUT2D eigenvalue weighted by Gasteiger charge is 1.96. The van der Waals surface area contributed by atoms with Crippen LogP contribution in [0.4, 0.5) is 0 Å². The second kappa shape index (κ2) is 6.48. The molecule has 0 aliphatic heterocycles. The molecule has 3 N–H and O–H groups in total. The van der Waals surface area contributed by atoms with Crippen molar-refractivity contribution in [2.75, 3.05) is 0 Å². The lowest BCUT2D eigenvalue weighted by atomic mass is 10.2. The van der Waals surface area contributed by atoms with E-state index in [1.807, 2.05) is 19.1 Å². The number of benzene rings is 1. The van der Waals surface area contributed by atoms with Gasteiger partial charge in [0.05, 0.1) is 0 Å². The number of allylic oxidation sites excluding steroid dienone is 1. The molecule has 0 aliphatic rings. The summed E-state index contributed by atoms with van der Waals surface area (Å²) >= 11 is 0. The number of phenols is 2. The van der Waals surface area contributed by atoms with Gasteiger partial charge in [0.25, 0.3) is 5.97 Å². The summed E-state index contributed by atoms with van der Waals surface area (Å²) < 4.78 is 0. The van der Waals surface area contributed by atoms with Gasteiger partial charge >= 0.3 is 0 Å². The molecule has 0 amide bonds. The van der Waals surface area contributed by atoms with E-state index in [1.54, 1.807) is 6.07 Å². The van der Waals surface area contributed by atoms with Gasteiger partial charge in [0.15, 0.2) is 11.5 Å². The zero-order valence-corrected chi connectivity index (χ0v) is 8.64. The van der Waals surface area contributed by atoms with Gasteiger partial charge in [-0.3, -0.25) is 4.79 Å². The summed E-state index contributed by atoms with van der Waals surface area (Å²) in [6, 6.07) is 4.70. The lowest BCUT2D eigenvalue weighted by molar-refractivity contribution is -0.134. The van der Waals surface area contributed by atoms with Crippen molar-refractivity contribution in [1.29, 1.82) is 0 Å². The largest absolute Gasteiger partial charge is 0.504 e. The van der Waals surface area contributed by atoms with E-state index < -0.39 is 5.97 Å². The molecule has 0 radical (unpaired) electrons. The van der Waals surface area contributed by atoms with Gasteiger partial charge in [-0.15, -0.1) is 0 Å². The number of hydrogen-bond donors (Lipinski definition) is 3. The summed E-state index contributed by atoms with van der Waals surface area (Å²) in [5.41, 5.74) is 0.878. The molecule has 82 valence electrons. The first kappa shape index (κ1) is 13.0. The van der Waals surface area contributed by atoms with Crippen molar-refractivity contribution in [3.8, 4) is 11.5 Å². The summed E-state index contributed by atoms with van der Waals surface area (Å²) in [4.78, 5) is 9.00. The topological polar surface area (TPSA) is 77.8 Å². The van der Waals surface area contributed by atoms with Gasteiger partial charge in [-0.2, -0.15) is 0 Å². The summed E-state index contributed by atoms with van der Waals surface area (Å²) in [6.07, 6.45) is 3.71. The van der Waals surface area contributed by atoms with Crippen molar-refractivity contribution in [3.05, 3.63) is 29.8 Å². The second-order valence-electron chi connectivity index (χ2n) is 2.77. The number of rotatable bonds is 1. The zero-order valence-electron chi connectivity index (χ0n) is 8.64. The van der Waals surface area contributed by atoms with Crippen molar-refractivity contribution in [2.45, 2.75) is 13.8 Å². The van der Waals surface area contributed by atoms with Gasteiger partial charge in [-0.1, -0.05) is 18.2 Å². The second-order valence-corrected chi connectivity index (χ2v) is 2.77. The molecule has 1 aromatic carbocycles. The average molecular weight is 210 g/mol. The fraction of sp³-hybridized carbons (Fsp3) is 0.182. The van der Waals surface area contributed by atoms with Crippen LogP contribution in [0, 0.1) is 0 Å². The molecule has 4 nitrogen and oxygen atoms in total. The maximum atomic E-state index is 9.04. The summed E-state index contributed by atoms with van der Waals surface area (Å²) in [7, 11) is 0. The van der Waals surface area contributed by atoms with Crippen LogP contribution in [-0.4, -0.2) is 21.3 Å². The van der Waals surface area contributed by atoms with E-state index in [1.165, 1.54) is 12.1 Å². The highest BCUT2D eigenvalue weighted by molar-refractivity contribution is 5.63. The molecule has 1 aromatic rings. The van der Waals surface area contributed by atoms with E-state index >= 15 is 0 Å². The smallest absolute Gasteiger partial charge is 0.300 e. The van der Waals surface area contributed by atoms with Gasteiger partial charge in [0, 0.05) is 6.92 Å². The fourth-order valence-electron chi connectivity index (χ4n) is 0.837. The van der Waals surface area contributed by atoms with Gasteiger partial charge in [-0.05, 0) is 24.6 Å². The van der Waals surface area contributed by atoms with Crippen LogP contribution >= 0.6 is 0 Å². The van der Waals surface area contributed by atoms with Crippen LogP contribution in [0.1, 0.15) is 19.4 Å². The molecule has 0 unspecified atom stereocenters. The van der Waals surface area contributed by atoms with E-state index in [2.05, 4.69) is 0 Å². The summed E-state index contributed by atoms with van der Waals surface area (Å²) in [6.45, 7) is 2.98. The van der Waals surface area contributed by atoms with Crippen molar-refractivity contribution in [2.24, 2.45) is 0 Å². The Balaban J connectivity index is 0.000000423. The Morgan fingerprint density at radius 3 is 2.20 bits per heavy atom. The number of aromatic hydroxyl groups is 2. The van der Waals surface area contributed by atoms with Crippen molar-refractivity contribution in [3.63, 3.8) is 0 Å². The van der Waals surface area contributed by atoms with Crippen LogP contribution in [0.3, 0.4) is 0 Å². The Kier molecular flexibility index (Phi) is 5.63. The third-order valence-electron chi connectivity index (χ3n) is 1.36. The van der Waals surface area contributed by atoms with Crippen LogP contribution in [0.5, 0.6) is 11.5 Å². The maximum absolute atomic E-state index is 9.04. The standard InChI is InChI=1S/C9H10O2.C2H4O2/c1-2-3-7-4-5-8(10)9(11)6-7;1-2(3)4/h2-6,10-11H,1H3;1H3,(H,3,4). The first-order valence-corrected chi connectivity index (χ1v) is 4.31. The van der Waals surface area contributed by atoms with Crippen molar-refractivity contribution < 1.29 is 20.1 Å². The van der Waals surface area contributed by atoms with E-state index in [0.29, 0.717) is 0 Å². The zero-order chi connectivity index (χ0) is 11.8. The molecule has 0 saturated heterocycles.